The van der Waals surface area contributed by atoms with Crippen molar-refractivity contribution in [3.05, 3.63) is 51.5 Å². The van der Waals surface area contributed by atoms with Crippen molar-refractivity contribution < 1.29 is 4.79 Å². The van der Waals surface area contributed by atoms with Crippen LogP contribution in [-0.2, 0) is 6.42 Å². The number of rotatable bonds is 6. The van der Waals surface area contributed by atoms with Gasteiger partial charge in [0.05, 0.1) is 11.0 Å². The van der Waals surface area contributed by atoms with E-state index in [1.54, 1.807) is 5.38 Å². The molecule has 0 radical (unpaired) electrons. The Hall–Kier alpha value is -1.43. The van der Waals surface area contributed by atoms with Gasteiger partial charge in [0.25, 0.3) is 5.91 Å². The summed E-state index contributed by atoms with van der Waals surface area (Å²) >= 11 is 1.48. The monoisotopic (exact) mass is 353 g/mol. The summed E-state index contributed by atoms with van der Waals surface area (Å²) in [6.07, 6.45) is 0.712. The molecular formula is C17H24ClN3OS. The van der Waals surface area contributed by atoms with E-state index in [2.05, 4.69) is 48.4 Å². The van der Waals surface area contributed by atoms with Gasteiger partial charge in [-0.05, 0) is 30.5 Å². The van der Waals surface area contributed by atoms with Crippen molar-refractivity contribution in [3.63, 3.8) is 0 Å². The summed E-state index contributed by atoms with van der Waals surface area (Å²) in [6.45, 7) is 6.87. The van der Waals surface area contributed by atoms with E-state index in [0.29, 0.717) is 24.6 Å². The summed E-state index contributed by atoms with van der Waals surface area (Å²) < 4.78 is 0. The Morgan fingerprint density at radius 2 is 1.83 bits per heavy atom. The first kappa shape index (κ1) is 19.6. The highest BCUT2D eigenvalue weighted by molar-refractivity contribution is 7.09. The standard InChI is InChI=1S/C17H23N3OS.ClH/c1-11(2)13-4-6-14(7-5-13)12(3)19-17(21)15-10-22-16(20-15)8-9-18;/h4-7,10-12H,8-9,18H2,1-3H3,(H,19,21);1H. The van der Waals surface area contributed by atoms with Crippen LogP contribution in [0.4, 0.5) is 0 Å². The van der Waals surface area contributed by atoms with Gasteiger partial charge in [-0.2, -0.15) is 0 Å². The molecule has 6 heteroatoms. The van der Waals surface area contributed by atoms with Crippen LogP contribution in [-0.4, -0.2) is 17.4 Å². The van der Waals surface area contributed by atoms with E-state index < -0.39 is 0 Å². The van der Waals surface area contributed by atoms with Crippen molar-refractivity contribution in [3.8, 4) is 0 Å². The maximum atomic E-state index is 12.2. The molecule has 0 fully saturated rings. The number of thiazole rings is 1. The second-order valence-corrected chi connectivity index (χ2v) is 6.62. The quantitative estimate of drug-likeness (QED) is 0.832. The van der Waals surface area contributed by atoms with Crippen LogP contribution in [0.15, 0.2) is 29.6 Å². The lowest BCUT2D eigenvalue weighted by molar-refractivity contribution is 0.0935. The fourth-order valence-corrected chi connectivity index (χ4v) is 2.97. The Morgan fingerprint density at radius 3 is 2.39 bits per heavy atom. The van der Waals surface area contributed by atoms with Gasteiger partial charge in [-0.15, -0.1) is 23.7 Å². The largest absolute Gasteiger partial charge is 0.344 e. The molecule has 23 heavy (non-hydrogen) atoms. The van der Waals surface area contributed by atoms with Crippen molar-refractivity contribution in [1.82, 2.24) is 10.3 Å². The summed E-state index contributed by atoms with van der Waals surface area (Å²) in [7, 11) is 0. The van der Waals surface area contributed by atoms with Gasteiger partial charge >= 0.3 is 0 Å². The molecule has 1 aromatic carbocycles. The summed E-state index contributed by atoms with van der Waals surface area (Å²) in [5.41, 5.74) is 8.37. The number of carbonyl (C=O) groups is 1. The van der Waals surface area contributed by atoms with Gasteiger partial charge in [0.2, 0.25) is 0 Å². The molecule has 1 atom stereocenters. The average molecular weight is 354 g/mol. The molecule has 0 aliphatic heterocycles. The van der Waals surface area contributed by atoms with Crippen molar-refractivity contribution in [1.29, 1.82) is 0 Å². The van der Waals surface area contributed by atoms with Crippen LogP contribution in [0.25, 0.3) is 0 Å². The molecule has 1 aromatic heterocycles. The van der Waals surface area contributed by atoms with Crippen molar-refractivity contribution >= 4 is 29.7 Å². The Morgan fingerprint density at radius 1 is 1.22 bits per heavy atom. The number of aromatic nitrogens is 1. The third-order valence-electron chi connectivity index (χ3n) is 3.59. The Labute approximate surface area is 147 Å². The Kier molecular flexibility index (Phi) is 7.68. The van der Waals surface area contributed by atoms with Gasteiger partial charge in [0.1, 0.15) is 5.69 Å². The highest BCUT2D eigenvalue weighted by Crippen LogP contribution is 2.19. The molecule has 1 amide bonds. The Balaban J connectivity index is 0.00000264. The van der Waals surface area contributed by atoms with Crippen LogP contribution in [0.2, 0.25) is 0 Å². The fourth-order valence-electron chi connectivity index (χ4n) is 2.18. The molecule has 0 aliphatic rings. The molecule has 2 rings (SSSR count). The maximum Gasteiger partial charge on any atom is 0.271 e. The van der Waals surface area contributed by atoms with Gasteiger partial charge in [0.15, 0.2) is 0 Å². The van der Waals surface area contributed by atoms with Gasteiger partial charge in [-0.3, -0.25) is 4.79 Å². The second-order valence-electron chi connectivity index (χ2n) is 5.68. The summed E-state index contributed by atoms with van der Waals surface area (Å²) in [5.74, 6) is 0.370. The molecule has 0 bridgehead atoms. The highest BCUT2D eigenvalue weighted by Gasteiger charge is 2.14. The topological polar surface area (TPSA) is 68.0 Å². The molecule has 3 N–H and O–H groups in total. The van der Waals surface area contributed by atoms with Gasteiger partial charge < -0.3 is 11.1 Å². The molecule has 1 unspecified atom stereocenters. The maximum absolute atomic E-state index is 12.2. The van der Waals surface area contributed by atoms with Gasteiger partial charge in [0, 0.05) is 11.8 Å². The zero-order chi connectivity index (χ0) is 16.1. The van der Waals surface area contributed by atoms with Crippen LogP contribution in [0.3, 0.4) is 0 Å². The predicted octanol–water partition coefficient (Wildman–Crippen LogP) is 3.68. The number of halogens is 1. The molecule has 1 heterocycles. The predicted molar refractivity (Wildman–Crippen MR) is 98.5 cm³/mol. The number of nitrogens with two attached hydrogens (primary N) is 1. The van der Waals surface area contributed by atoms with E-state index in [0.717, 1.165) is 10.6 Å². The van der Waals surface area contributed by atoms with Crippen LogP contribution in [0, 0.1) is 0 Å². The number of amides is 1. The number of benzene rings is 1. The average Bonchev–Trinajstić information content (AvgIpc) is 2.96. The smallest absolute Gasteiger partial charge is 0.271 e. The number of carbonyl (C=O) groups excluding carboxylic acids is 1. The first-order valence-corrected chi connectivity index (χ1v) is 8.44. The van der Waals surface area contributed by atoms with Gasteiger partial charge in [-0.1, -0.05) is 38.1 Å². The van der Waals surface area contributed by atoms with Crippen LogP contribution in [0.5, 0.6) is 0 Å². The third-order valence-corrected chi connectivity index (χ3v) is 4.50. The lowest BCUT2D eigenvalue weighted by atomic mass is 9.99. The summed E-state index contributed by atoms with van der Waals surface area (Å²) in [4.78, 5) is 16.5. The third kappa shape index (κ3) is 5.30. The van der Waals surface area contributed by atoms with E-state index in [1.165, 1.54) is 16.9 Å². The van der Waals surface area contributed by atoms with E-state index in [9.17, 15) is 4.79 Å². The molecule has 126 valence electrons. The minimum Gasteiger partial charge on any atom is -0.344 e. The summed E-state index contributed by atoms with van der Waals surface area (Å²) in [5, 5.41) is 5.68. The minimum atomic E-state index is -0.139. The van der Waals surface area contributed by atoms with Crippen LogP contribution in [0.1, 0.15) is 59.4 Å². The lowest BCUT2D eigenvalue weighted by Crippen LogP contribution is -2.27. The number of nitrogens with one attached hydrogen (secondary N) is 1. The van der Waals surface area contributed by atoms with Crippen molar-refractivity contribution in [2.45, 2.75) is 39.2 Å². The number of hydrogen-bond donors (Lipinski definition) is 2. The van der Waals surface area contributed by atoms with Crippen LogP contribution < -0.4 is 11.1 Å². The molecule has 0 aliphatic carbocycles. The van der Waals surface area contributed by atoms with E-state index in [4.69, 9.17) is 5.73 Å². The van der Waals surface area contributed by atoms with Gasteiger partial charge in [-0.25, -0.2) is 4.98 Å². The van der Waals surface area contributed by atoms with Crippen LogP contribution >= 0.6 is 23.7 Å². The zero-order valence-electron chi connectivity index (χ0n) is 13.7. The van der Waals surface area contributed by atoms with E-state index in [1.807, 2.05) is 6.92 Å². The van der Waals surface area contributed by atoms with Crippen molar-refractivity contribution in [2.24, 2.45) is 5.73 Å². The molecule has 4 nitrogen and oxygen atoms in total. The normalized spacial score (nSPS) is 11.9. The first-order valence-electron chi connectivity index (χ1n) is 7.56. The van der Waals surface area contributed by atoms with E-state index >= 15 is 0 Å². The Bertz CT molecular complexity index is 625. The second kappa shape index (κ2) is 9.01. The molecule has 2 aromatic rings. The minimum absolute atomic E-state index is 0. The van der Waals surface area contributed by atoms with E-state index in [-0.39, 0.29) is 24.4 Å². The molecule has 0 saturated heterocycles. The first-order chi connectivity index (χ1) is 10.5. The zero-order valence-corrected chi connectivity index (χ0v) is 15.3. The molecule has 0 saturated carbocycles. The fraction of sp³-hybridized carbons (Fsp3) is 0.412. The SMILES string of the molecule is CC(C)c1ccc(C(C)NC(=O)c2csc(CCN)n2)cc1.Cl. The number of hydrogen-bond acceptors (Lipinski definition) is 4. The summed E-state index contributed by atoms with van der Waals surface area (Å²) in [6, 6.07) is 8.33. The lowest BCUT2D eigenvalue weighted by Gasteiger charge is -2.14. The number of nitrogens with zero attached hydrogens (tertiary/aromatic N) is 1. The van der Waals surface area contributed by atoms with Crippen molar-refractivity contribution in [2.75, 3.05) is 6.54 Å². The molecular weight excluding hydrogens is 330 g/mol. The molecule has 0 spiro atoms. The highest BCUT2D eigenvalue weighted by atomic mass is 35.5.